The Kier molecular flexibility index (Phi) is 6.78. The highest BCUT2D eigenvalue weighted by Gasteiger charge is 2.23. The summed E-state index contributed by atoms with van der Waals surface area (Å²) in [7, 11) is 0. The summed E-state index contributed by atoms with van der Waals surface area (Å²) < 4.78 is 7.67. The van der Waals surface area contributed by atoms with Crippen LogP contribution in [0.1, 0.15) is 52.4 Å². The fourth-order valence-corrected chi connectivity index (χ4v) is 3.38. The smallest absolute Gasteiger partial charge is 0.311 e. The monoisotopic (exact) mass is 500 g/mol. The Morgan fingerprint density at radius 3 is 2.62 bits per heavy atom. The molecule has 0 amide bonds. The fourth-order valence-electron chi connectivity index (χ4n) is 3.02. The molecule has 8 nitrogen and oxygen atoms in total. The third-order valence-corrected chi connectivity index (χ3v) is 5.38. The molecule has 0 fully saturated rings. The van der Waals surface area contributed by atoms with Crippen LogP contribution in [0.3, 0.4) is 0 Å². The highest BCUT2D eigenvalue weighted by Crippen LogP contribution is 2.29. The number of nitrogens with zero attached hydrogens (tertiary/aromatic N) is 4. The number of halogens is 1. The predicted molar refractivity (Wildman–Crippen MR) is 129 cm³/mol. The minimum Gasteiger partial charge on any atom is -0.484 e. The van der Waals surface area contributed by atoms with Gasteiger partial charge in [-0.1, -0.05) is 43.6 Å². The molecule has 0 saturated heterocycles. The Bertz CT molecular complexity index is 1260. The number of nitro groups is 1. The van der Waals surface area contributed by atoms with Gasteiger partial charge in [0, 0.05) is 21.5 Å². The molecule has 0 aliphatic heterocycles. The van der Waals surface area contributed by atoms with Gasteiger partial charge in [-0.05, 0) is 43.7 Å². The van der Waals surface area contributed by atoms with Crippen molar-refractivity contribution in [1.82, 2.24) is 9.66 Å². The molecule has 32 heavy (non-hydrogen) atoms. The largest absolute Gasteiger partial charge is 0.484 e. The van der Waals surface area contributed by atoms with Gasteiger partial charge in [-0.25, -0.2) is 4.98 Å². The lowest BCUT2D eigenvalue weighted by Crippen LogP contribution is -2.29. The highest BCUT2D eigenvalue weighted by atomic mass is 79.9. The van der Waals surface area contributed by atoms with E-state index in [1.165, 1.54) is 17.0 Å². The fraction of sp³-hybridized carbons (Fsp3) is 0.348. The molecule has 0 N–H and O–H groups in total. The Morgan fingerprint density at radius 1 is 1.28 bits per heavy atom. The van der Waals surface area contributed by atoms with Crippen LogP contribution in [-0.4, -0.2) is 26.9 Å². The van der Waals surface area contributed by atoms with Crippen LogP contribution in [0.15, 0.2) is 50.8 Å². The average Bonchev–Trinajstić information content (AvgIpc) is 2.73. The quantitative estimate of drug-likeness (QED) is 0.255. The molecular formula is C23H25BrN4O4. The Balaban J connectivity index is 2.12. The summed E-state index contributed by atoms with van der Waals surface area (Å²) in [6.45, 7) is 9.62. The summed E-state index contributed by atoms with van der Waals surface area (Å²) in [6, 6.07) is 9.92. The van der Waals surface area contributed by atoms with Gasteiger partial charge in [-0.2, -0.15) is 9.78 Å². The third-order valence-electron chi connectivity index (χ3n) is 4.88. The van der Waals surface area contributed by atoms with Gasteiger partial charge >= 0.3 is 5.69 Å². The van der Waals surface area contributed by atoms with E-state index in [1.54, 1.807) is 24.3 Å². The van der Waals surface area contributed by atoms with Crippen LogP contribution in [0.2, 0.25) is 0 Å². The number of rotatable bonds is 6. The molecule has 1 heterocycles. The summed E-state index contributed by atoms with van der Waals surface area (Å²) in [4.78, 5) is 28.9. The molecule has 168 valence electrons. The second-order valence-electron chi connectivity index (χ2n) is 8.53. The third kappa shape index (κ3) is 5.04. The number of fused-ring (bicyclic) bond motifs is 1. The van der Waals surface area contributed by atoms with E-state index in [-0.39, 0.29) is 23.1 Å². The number of aromatic nitrogens is 2. The van der Waals surface area contributed by atoms with E-state index in [4.69, 9.17) is 4.74 Å². The SMILES string of the molecule is CC[C@@H](C)Oc1ccc(C=Nn2c(C(C)(C)C)nc3ccc(Br)cc3c2=O)cc1[N+](=O)[O-]. The Morgan fingerprint density at radius 2 is 2.00 bits per heavy atom. The molecule has 3 rings (SSSR count). The number of hydrogen-bond acceptors (Lipinski definition) is 6. The summed E-state index contributed by atoms with van der Waals surface area (Å²) in [6.07, 6.45) is 2.00. The van der Waals surface area contributed by atoms with E-state index >= 15 is 0 Å². The summed E-state index contributed by atoms with van der Waals surface area (Å²) in [5.41, 5.74) is 0.116. The van der Waals surface area contributed by atoms with Crippen LogP contribution in [0, 0.1) is 10.1 Å². The summed E-state index contributed by atoms with van der Waals surface area (Å²) in [5, 5.41) is 16.3. The first-order valence-corrected chi connectivity index (χ1v) is 11.0. The molecule has 0 unspecified atom stereocenters. The Hall–Kier alpha value is -3.07. The first-order chi connectivity index (χ1) is 15.0. The number of benzene rings is 2. The van der Waals surface area contributed by atoms with Gasteiger partial charge in [0.1, 0.15) is 5.82 Å². The second kappa shape index (κ2) is 9.20. The molecule has 0 radical (unpaired) electrons. The zero-order valence-electron chi connectivity index (χ0n) is 18.6. The maximum Gasteiger partial charge on any atom is 0.311 e. The van der Waals surface area contributed by atoms with E-state index in [1.807, 2.05) is 40.7 Å². The van der Waals surface area contributed by atoms with Crippen molar-refractivity contribution < 1.29 is 9.66 Å². The van der Waals surface area contributed by atoms with E-state index in [0.717, 1.165) is 10.9 Å². The molecule has 1 aromatic heterocycles. The van der Waals surface area contributed by atoms with Crippen molar-refractivity contribution in [1.29, 1.82) is 0 Å². The van der Waals surface area contributed by atoms with Crippen molar-refractivity contribution in [2.75, 3.05) is 0 Å². The Labute approximate surface area is 194 Å². The van der Waals surface area contributed by atoms with Crippen molar-refractivity contribution in [2.45, 2.75) is 52.6 Å². The van der Waals surface area contributed by atoms with Crippen LogP contribution in [0.4, 0.5) is 5.69 Å². The van der Waals surface area contributed by atoms with E-state index in [2.05, 4.69) is 26.0 Å². The number of hydrogen-bond donors (Lipinski definition) is 0. The van der Waals surface area contributed by atoms with Crippen molar-refractivity contribution in [3.05, 3.63) is 72.7 Å². The zero-order valence-corrected chi connectivity index (χ0v) is 20.2. The van der Waals surface area contributed by atoms with Crippen LogP contribution in [-0.2, 0) is 5.41 Å². The molecule has 1 atom stereocenters. The summed E-state index contributed by atoms with van der Waals surface area (Å²) >= 11 is 3.39. The van der Waals surface area contributed by atoms with Gasteiger partial charge < -0.3 is 4.74 Å². The van der Waals surface area contributed by atoms with E-state index < -0.39 is 10.3 Å². The molecule has 2 aromatic carbocycles. The number of nitro benzene ring substituents is 1. The lowest BCUT2D eigenvalue weighted by molar-refractivity contribution is -0.386. The van der Waals surface area contributed by atoms with Gasteiger partial charge in [0.05, 0.1) is 28.1 Å². The van der Waals surface area contributed by atoms with E-state index in [9.17, 15) is 14.9 Å². The minimum absolute atomic E-state index is 0.149. The first kappa shape index (κ1) is 23.6. The van der Waals surface area contributed by atoms with Gasteiger partial charge in [0.25, 0.3) is 5.56 Å². The average molecular weight is 501 g/mol. The lowest BCUT2D eigenvalue weighted by atomic mass is 9.95. The molecule has 0 spiro atoms. The summed E-state index contributed by atoms with van der Waals surface area (Å²) in [5.74, 6) is 0.686. The minimum atomic E-state index is -0.489. The molecular weight excluding hydrogens is 476 g/mol. The molecule has 9 heteroatoms. The molecule has 0 aliphatic carbocycles. The number of ether oxygens (including phenoxy) is 1. The standard InChI is InChI=1S/C23H25BrN4O4/c1-6-14(2)32-20-10-7-15(11-19(20)28(30)31)13-25-27-21(29)17-12-16(24)8-9-18(17)26-22(27)23(3,4)5/h7-14H,6H2,1-5H3/t14-/m1/s1. The van der Waals surface area contributed by atoms with Crippen LogP contribution >= 0.6 is 15.9 Å². The van der Waals surface area contributed by atoms with Gasteiger partial charge in [-0.3, -0.25) is 14.9 Å². The van der Waals surface area contributed by atoms with Crippen LogP contribution in [0.25, 0.3) is 10.9 Å². The van der Waals surface area contributed by atoms with Gasteiger partial charge in [-0.15, -0.1) is 0 Å². The molecule has 0 bridgehead atoms. The lowest BCUT2D eigenvalue weighted by Gasteiger charge is -2.20. The second-order valence-corrected chi connectivity index (χ2v) is 9.45. The van der Waals surface area contributed by atoms with Crippen molar-refractivity contribution >= 4 is 38.7 Å². The van der Waals surface area contributed by atoms with Crippen LogP contribution in [0.5, 0.6) is 5.75 Å². The topological polar surface area (TPSA) is 99.6 Å². The molecule has 3 aromatic rings. The molecule has 0 aliphatic rings. The predicted octanol–water partition coefficient (Wildman–Crippen LogP) is 5.42. The maximum absolute atomic E-state index is 13.2. The van der Waals surface area contributed by atoms with E-state index in [0.29, 0.717) is 22.3 Å². The molecule has 0 saturated carbocycles. The van der Waals surface area contributed by atoms with Gasteiger partial charge in [0.2, 0.25) is 0 Å². The zero-order chi connectivity index (χ0) is 23.6. The maximum atomic E-state index is 13.2. The van der Waals surface area contributed by atoms with Crippen molar-refractivity contribution in [2.24, 2.45) is 5.10 Å². The van der Waals surface area contributed by atoms with Crippen LogP contribution < -0.4 is 10.3 Å². The van der Waals surface area contributed by atoms with Gasteiger partial charge in [0.15, 0.2) is 5.75 Å². The van der Waals surface area contributed by atoms with Crippen molar-refractivity contribution in [3.63, 3.8) is 0 Å². The highest BCUT2D eigenvalue weighted by molar-refractivity contribution is 9.10. The normalized spacial score (nSPS) is 12.9. The first-order valence-electron chi connectivity index (χ1n) is 10.2. The van der Waals surface area contributed by atoms with Crippen molar-refractivity contribution in [3.8, 4) is 5.75 Å².